The van der Waals surface area contributed by atoms with Gasteiger partial charge in [-0.15, -0.1) is 0 Å². The first-order valence-corrected chi connectivity index (χ1v) is 9.91. The summed E-state index contributed by atoms with van der Waals surface area (Å²) in [5.41, 5.74) is 15.6. The van der Waals surface area contributed by atoms with Crippen LogP contribution in [-0.2, 0) is 6.42 Å². The van der Waals surface area contributed by atoms with Crippen molar-refractivity contribution in [2.24, 2.45) is 5.92 Å². The van der Waals surface area contributed by atoms with Gasteiger partial charge in [0.2, 0.25) is 0 Å². The number of fused-ring (bicyclic) bond motifs is 1. The van der Waals surface area contributed by atoms with Gasteiger partial charge in [0, 0.05) is 5.92 Å². The smallest absolute Gasteiger partial charge is 0.0289 e. The quantitative estimate of drug-likeness (QED) is 0.525. The Morgan fingerprint density at radius 2 is 1.54 bits per heavy atom. The molecule has 1 aromatic carbocycles. The van der Waals surface area contributed by atoms with Crippen LogP contribution in [-0.4, -0.2) is 0 Å². The third-order valence-corrected chi connectivity index (χ3v) is 6.57. The van der Waals surface area contributed by atoms with Gasteiger partial charge in [-0.05, 0) is 103 Å². The third-order valence-electron chi connectivity index (χ3n) is 6.57. The van der Waals surface area contributed by atoms with Gasteiger partial charge in [-0.25, -0.2) is 0 Å². The van der Waals surface area contributed by atoms with Crippen molar-refractivity contribution in [1.29, 1.82) is 0 Å². The molecule has 2 aliphatic rings. The Labute approximate surface area is 159 Å². The van der Waals surface area contributed by atoms with Crippen LogP contribution in [0.25, 0.3) is 11.1 Å². The maximum Gasteiger partial charge on any atom is 0.0289 e. The van der Waals surface area contributed by atoms with Crippen LogP contribution < -0.4 is 0 Å². The van der Waals surface area contributed by atoms with E-state index in [1.165, 1.54) is 61.3 Å². The van der Waals surface area contributed by atoms with Gasteiger partial charge in [0.05, 0.1) is 0 Å². The minimum absolute atomic E-state index is 0.406. The number of hydrogen-bond acceptors (Lipinski definition) is 0. The van der Waals surface area contributed by atoms with E-state index in [0.717, 1.165) is 12.8 Å². The summed E-state index contributed by atoms with van der Waals surface area (Å²) < 4.78 is 0. The van der Waals surface area contributed by atoms with Crippen LogP contribution in [0.15, 0.2) is 64.3 Å². The highest BCUT2D eigenvalue weighted by Gasteiger charge is 2.33. The first kappa shape index (κ1) is 18.7. The van der Waals surface area contributed by atoms with Crippen molar-refractivity contribution in [1.82, 2.24) is 0 Å². The average molecular weight is 345 g/mol. The largest absolute Gasteiger partial charge is 0.0952 e. The summed E-state index contributed by atoms with van der Waals surface area (Å²) in [4.78, 5) is 0. The lowest BCUT2D eigenvalue weighted by molar-refractivity contribution is 0.950. The molecule has 26 heavy (non-hydrogen) atoms. The second-order valence-electron chi connectivity index (χ2n) is 7.84. The molecular weight excluding hydrogens is 312 g/mol. The number of aryl methyl sites for hydroxylation is 1. The molecule has 0 bridgehead atoms. The van der Waals surface area contributed by atoms with E-state index in [0.29, 0.717) is 5.92 Å². The van der Waals surface area contributed by atoms with E-state index in [4.69, 9.17) is 0 Å². The highest BCUT2D eigenvalue weighted by molar-refractivity contribution is 5.85. The van der Waals surface area contributed by atoms with Gasteiger partial charge in [-0.3, -0.25) is 0 Å². The molecule has 0 fully saturated rings. The zero-order valence-corrected chi connectivity index (χ0v) is 17.5. The SMILES string of the molecule is C=C(CC)c1ccc(C2=C(C)C(C)=C3C(C)=C(C)C(C)=CC32)cc1CC. The monoisotopic (exact) mass is 344 g/mol. The standard InChI is InChI=1S/C26H32/c1-9-15(3)23-12-11-22(14-21(23)10-2)26-20(8)19(7)25-18(6)17(5)16(4)13-24(25)26/h11-14,24H,3,9-10H2,1-2,4-8H3. The lowest BCUT2D eigenvalue weighted by Crippen LogP contribution is -2.10. The normalized spacial score (nSPS) is 20.0. The molecule has 0 radical (unpaired) electrons. The minimum atomic E-state index is 0.406. The second kappa shape index (κ2) is 6.91. The molecule has 0 nitrogen and oxygen atoms in total. The molecule has 1 aromatic rings. The Morgan fingerprint density at radius 3 is 2.15 bits per heavy atom. The van der Waals surface area contributed by atoms with Crippen LogP contribution in [0.3, 0.4) is 0 Å². The molecule has 0 heterocycles. The van der Waals surface area contributed by atoms with Crippen molar-refractivity contribution in [2.45, 2.75) is 61.3 Å². The molecule has 0 aromatic heterocycles. The lowest BCUT2D eigenvalue weighted by atomic mass is 9.78. The fourth-order valence-electron chi connectivity index (χ4n) is 4.55. The molecule has 1 unspecified atom stereocenters. The first-order chi connectivity index (χ1) is 12.3. The van der Waals surface area contributed by atoms with Gasteiger partial charge < -0.3 is 0 Å². The predicted octanol–water partition coefficient (Wildman–Crippen LogP) is 7.69. The van der Waals surface area contributed by atoms with E-state index in [1.54, 1.807) is 0 Å². The van der Waals surface area contributed by atoms with Crippen LogP contribution in [0.1, 0.15) is 71.6 Å². The number of benzene rings is 1. The van der Waals surface area contributed by atoms with Crippen molar-refractivity contribution in [3.63, 3.8) is 0 Å². The van der Waals surface area contributed by atoms with Gasteiger partial charge in [-0.1, -0.05) is 50.3 Å². The summed E-state index contributed by atoms with van der Waals surface area (Å²) in [7, 11) is 0. The molecule has 0 N–H and O–H groups in total. The Hall–Kier alpha value is -2.08. The summed E-state index contributed by atoms with van der Waals surface area (Å²) in [5, 5.41) is 0. The molecule has 0 amide bonds. The Morgan fingerprint density at radius 1 is 0.885 bits per heavy atom. The molecule has 0 saturated heterocycles. The van der Waals surface area contributed by atoms with E-state index in [2.05, 4.69) is 79.3 Å². The minimum Gasteiger partial charge on any atom is -0.0952 e. The molecule has 0 spiro atoms. The van der Waals surface area contributed by atoms with Gasteiger partial charge in [0.15, 0.2) is 0 Å². The zero-order chi connectivity index (χ0) is 19.2. The van der Waals surface area contributed by atoms with E-state index in [-0.39, 0.29) is 0 Å². The molecule has 0 heteroatoms. The maximum atomic E-state index is 4.26. The highest BCUT2D eigenvalue weighted by atomic mass is 14.4. The van der Waals surface area contributed by atoms with Crippen molar-refractivity contribution in [2.75, 3.05) is 0 Å². The van der Waals surface area contributed by atoms with Gasteiger partial charge in [0.25, 0.3) is 0 Å². The predicted molar refractivity (Wildman–Crippen MR) is 116 cm³/mol. The molecular formula is C26H32. The summed E-state index contributed by atoms with van der Waals surface area (Å²) in [6.07, 6.45) is 4.52. The Bertz CT molecular complexity index is 909. The van der Waals surface area contributed by atoms with Crippen molar-refractivity contribution < 1.29 is 0 Å². The van der Waals surface area contributed by atoms with E-state index >= 15 is 0 Å². The van der Waals surface area contributed by atoms with E-state index in [1.807, 2.05) is 0 Å². The van der Waals surface area contributed by atoms with Crippen LogP contribution in [0.4, 0.5) is 0 Å². The Kier molecular flexibility index (Phi) is 4.97. The number of hydrogen-bond donors (Lipinski definition) is 0. The van der Waals surface area contributed by atoms with Crippen LogP contribution in [0.2, 0.25) is 0 Å². The topological polar surface area (TPSA) is 0 Å². The molecule has 2 aliphatic carbocycles. The first-order valence-electron chi connectivity index (χ1n) is 9.91. The fourth-order valence-corrected chi connectivity index (χ4v) is 4.55. The van der Waals surface area contributed by atoms with Crippen molar-refractivity contribution >= 4 is 11.1 Å². The number of rotatable bonds is 4. The second-order valence-corrected chi connectivity index (χ2v) is 7.84. The molecule has 0 aliphatic heterocycles. The molecule has 0 saturated carbocycles. The highest BCUT2D eigenvalue weighted by Crippen LogP contribution is 2.50. The van der Waals surface area contributed by atoms with E-state index < -0.39 is 0 Å². The van der Waals surface area contributed by atoms with Crippen molar-refractivity contribution in [3.05, 3.63) is 81.0 Å². The summed E-state index contributed by atoms with van der Waals surface area (Å²) >= 11 is 0. The van der Waals surface area contributed by atoms with Crippen molar-refractivity contribution in [3.8, 4) is 0 Å². The summed E-state index contributed by atoms with van der Waals surface area (Å²) in [5.74, 6) is 0.406. The molecule has 136 valence electrons. The summed E-state index contributed by atoms with van der Waals surface area (Å²) in [6.45, 7) is 20.1. The van der Waals surface area contributed by atoms with Crippen LogP contribution in [0.5, 0.6) is 0 Å². The van der Waals surface area contributed by atoms with Gasteiger partial charge in [-0.2, -0.15) is 0 Å². The van der Waals surface area contributed by atoms with Crippen LogP contribution in [0, 0.1) is 5.92 Å². The fraction of sp³-hybridized carbons (Fsp3) is 0.385. The Balaban J connectivity index is 2.13. The zero-order valence-electron chi connectivity index (χ0n) is 17.5. The number of allylic oxidation sites excluding steroid dienone is 9. The molecule has 1 atom stereocenters. The van der Waals surface area contributed by atoms with Gasteiger partial charge in [0.1, 0.15) is 0 Å². The molecule has 3 rings (SSSR count). The van der Waals surface area contributed by atoms with Crippen LogP contribution >= 0.6 is 0 Å². The van der Waals surface area contributed by atoms with Gasteiger partial charge >= 0.3 is 0 Å². The average Bonchev–Trinajstić information content (AvgIpc) is 2.89. The maximum absolute atomic E-state index is 4.26. The summed E-state index contributed by atoms with van der Waals surface area (Å²) in [6, 6.07) is 7.02. The van der Waals surface area contributed by atoms with E-state index in [9.17, 15) is 0 Å². The lowest BCUT2D eigenvalue weighted by Gasteiger charge is -2.26. The third kappa shape index (κ3) is 2.76.